The van der Waals surface area contributed by atoms with Gasteiger partial charge in [-0.05, 0) is 50.2 Å². The van der Waals surface area contributed by atoms with Crippen molar-refractivity contribution in [2.45, 2.75) is 63.8 Å². The molecule has 1 amide bonds. The van der Waals surface area contributed by atoms with E-state index in [4.69, 9.17) is 4.42 Å². The Morgan fingerprint density at radius 3 is 2.64 bits per heavy atom. The van der Waals surface area contributed by atoms with Gasteiger partial charge in [-0.25, -0.2) is 8.78 Å². The monoisotopic (exact) mass is 389 g/mol. The maximum atomic E-state index is 13.8. The van der Waals surface area contributed by atoms with E-state index in [0.717, 1.165) is 19.3 Å². The highest BCUT2D eigenvalue weighted by molar-refractivity contribution is 5.78. The molecule has 0 N–H and O–H groups in total. The molecule has 1 aliphatic heterocycles. The molecule has 2 aliphatic rings. The molecule has 1 aromatic carbocycles. The number of hydrogen-bond acceptors (Lipinski definition) is 4. The molecule has 1 saturated carbocycles. The van der Waals surface area contributed by atoms with Gasteiger partial charge >= 0.3 is 0 Å². The van der Waals surface area contributed by atoms with Crippen LogP contribution in [0.5, 0.6) is 0 Å². The Kier molecular flexibility index (Phi) is 4.93. The molecule has 28 heavy (non-hydrogen) atoms. The van der Waals surface area contributed by atoms with Gasteiger partial charge in [-0.3, -0.25) is 4.79 Å². The van der Waals surface area contributed by atoms with E-state index >= 15 is 0 Å². The summed E-state index contributed by atoms with van der Waals surface area (Å²) in [6, 6.07) is 3.84. The van der Waals surface area contributed by atoms with Crippen molar-refractivity contribution < 1.29 is 18.0 Å². The van der Waals surface area contributed by atoms with Crippen LogP contribution in [0.1, 0.15) is 69.2 Å². The minimum absolute atomic E-state index is 0.0109. The van der Waals surface area contributed by atoms with Gasteiger partial charge in [0.2, 0.25) is 17.7 Å². The van der Waals surface area contributed by atoms with E-state index in [9.17, 15) is 13.6 Å². The van der Waals surface area contributed by atoms with Crippen LogP contribution in [0, 0.1) is 17.6 Å². The van der Waals surface area contributed by atoms with Crippen molar-refractivity contribution in [3.8, 4) is 0 Å². The lowest BCUT2D eigenvalue weighted by atomic mass is 9.67. The van der Waals surface area contributed by atoms with E-state index in [1.165, 1.54) is 18.2 Å². The average Bonchev–Trinajstić information content (AvgIpc) is 3.21. The van der Waals surface area contributed by atoms with Gasteiger partial charge < -0.3 is 9.32 Å². The highest BCUT2D eigenvalue weighted by Gasteiger charge is 2.60. The summed E-state index contributed by atoms with van der Waals surface area (Å²) in [7, 11) is 0. The first kappa shape index (κ1) is 19.0. The van der Waals surface area contributed by atoms with E-state index in [0.29, 0.717) is 30.7 Å². The van der Waals surface area contributed by atoms with Crippen LogP contribution in [0.3, 0.4) is 0 Å². The minimum atomic E-state index is -0.559. The number of halogens is 2. The predicted molar refractivity (Wildman–Crippen MR) is 98.4 cm³/mol. The molecule has 2 fully saturated rings. The Labute approximate surface area is 163 Å². The van der Waals surface area contributed by atoms with E-state index < -0.39 is 17.2 Å². The summed E-state index contributed by atoms with van der Waals surface area (Å²) >= 11 is 0. The summed E-state index contributed by atoms with van der Waals surface area (Å²) in [5.74, 6) is 0.483. The van der Waals surface area contributed by atoms with Crippen molar-refractivity contribution in [1.82, 2.24) is 15.1 Å². The third-order valence-corrected chi connectivity index (χ3v) is 6.22. The minimum Gasteiger partial charge on any atom is -0.422 e. The number of carbonyl (C=O) groups is 1. The van der Waals surface area contributed by atoms with Crippen LogP contribution in [-0.4, -0.2) is 27.5 Å². The molecule has 2 aromatic rings. The summed E-state index contributed by atoms with van der Waals surface area (Å²) in [5, 5.41) is 8.42. The maximum absolute atomic E-state index is 13.8. The summed E-state index contributed by atoms with van der Waals surface area (Å²) in [4.78, 5) is 14.8. The number of fused-ring (bicyclic) bond motifs is 1. The first-order valence-corrected chi connectivity index (χ1v) is 10.0. The predicted octanol–water partition coefficient (Wildman–Crippen LogP) is 4.33. The van der Waals surface area contributed by atoms with Gasteiger partial charge in [0.05, 0.1) is 0 Å². The smallest absolute Gasteiger partial charge is 0.242 e. The van der Waals surface area contributed by atoms with Crippen molar-refractivity contribution in [3.05, 3.63) is 47.2 Å². The van der Waals surface area contributed by atoms with Crippen molar-refractivity contribution >= 4 is 5.91 Å². The number of likely N-dealkylation sites (tertiary alicyclic amines) is 1. The molecule has 1 saturated heterocycles. The standard InChI is InChI=1S/C21H25F2N3O2/c1-13(2)19-24-25-20(28-19)21-11-9-14(21)10-12-26(21)18(27)8-3-5-15-16(22)6-4-7-17(15)23/h4,6-7,13-14H,3,5,8-12H2,1-2H3/t14-,21-/m0/s1. The summed E-state index contributed by atoms with van der Waals surface area (Å²) < 4.78 is 33.5. The molecule has 0 unspecified atom stereocenters. The van der Waals surface area contributed by atoms with Crippen LogP contribution in [-0.2, 0) is 16.8 Å². The Morgan fingerprint density at radius 1 is 1.29 bits per heavy atom. The Morgan fingerprint density at radius 2 is 2.04 bits per heavy atom. The van der Waals surface area contributed by atoms with Crippen molar-refractivity contribution in [3.63, 3.8) is 0 Å². The van der Waals surface area contributed by atoms with Gasteiger partial charge in [0.1, 0.15) is 17.2 Å². The number of hydrogen-bond donors (Lipinski definition) is 0. The fourth-order valence-corrected chi connectivity index (χ4v) is 4.55. The summed E-state index contributed by atoms with van der Waals surface area (Å²) in [6.07, 6.45) is 3.64. The molecular formula is C21H25F2N3O2. The molecule has 150 valence electrons. The number of benzene rings is 1. The zero-order valence-electron chi connectivity index (χ0n) is 16.3. The fraction of sp³-hybridized carbons (Fsp3) is 0.571. The number of amides is 1. The molecule has 2 atom stereocenters. The molecule has 2 heterocycles. The van der Waals surface area contributed by atoms with Gasteiger partial charge in [-0.2, -0.15) is 0 Å². The second kappa shape index (κ2) is 7.26. The largest absolute Gasteiger partial charge is 0.422 e. The van der Waals surface area contributed by atoms with Crippen LogP contribution in [0.2, 0.25) is 0 Å². The van der Waals surface area contributed by atoms with Gasteiger partial charge in [-0.15, -0.1) is 10.2 Å². The second-order valence-corrected chi connectivity index (χ2v) is 8.15. The molecule has 4 rings (SSSR count). The van der Waals surface area contributed by atoms with Crippen molar-refractivity contribution in [1.29, 1.82) is 0 Å². The fourth-order valence-electron chi connectivity index (χ4n) is 4.55. The second-order valence-electron chi connectivity index (χ2n) is 8.15. The highest BCUT2D eigenvalue weighted by atomic mass is 19.1. The molecular weight excluding hydrogens is 364 g/mol. The van der Waals surface area contributed by atoms with E-state index in [2.05, 4.69) is 10.2 Å². The molecule has 1 aliphatic carbocycles. The SMILES string of the molecule is CC(C)c1nnc([C@]23CC[C@H]2CCN3C(=O)CCCc2c(F)cccc2F)o1. The number of nitrogens with zero attached hydrogens (tertiary/aromatic N) is 3. The lowest BCUT2D eigenvalue weighted by Crippen LogP contribution is -2.53. The van der Waals surface area contributed by atoms with Crippen LogP contribution >= 0.6 is 0 Å². The Balaban J connectivity index is 1.46. The Bertz CT molecular complexity index is 862. The maximum Gasteiger partial charge on any atom is 0.242 e. The first-order valence-electron chi connectivity index (χ1n) is 10.0. The average molecular weight is 389 g/mol. The molecule has 5 nitrogen and oxygen atoms in total. The lowest BCUT2D eigenvalue weighted by Gasteiger charge is -2.47. The first-order chi connectivity index (χ1) is 13.4. The molecule has 0 spiro atoms. The van der Waals surface area contributed by atoms with Crippen LogP contribution in [0.25, 0.3) is 0 Å². The molecule has 1 aromatic heterocycles. The topological polar surface area (TPSA) is 59.2 Å². The molecule has 0 bridgehead atoms. The number of aromatic nitrogens is 2. The Hall–Kier alpha value is -2.31. The van der Waals surface area contributed by atoms with Crippen LogP contribution in [0.15, 0.2) is 22.6 Å². The lowest BCUT2D eigenvalue weighted by molar-refractivity contribution is -0.142. The third kappa shape index (κ3) is 3.01. The summed E-state index contributed by atoms with van der Waals surface area (Å²) in [6.45, 7) is 4.65. The van der Waals surface area contributed by atoms with Crippen molar-refractivity contribution in [2.24, 2.45) is 5.92 Å². The van der Waals surface area contributed by atoms with Gasteiger partial charge in [-0.1, -0.05) is 19.9 Å². The third-order valence-electron chi connectivity index (χ3n) is 6.22. The van der Waals surface area contributed by atoms with Gasteiger partial charge in [0.15, 0.2) is 0 Å². The normalized spacial score (nSPS) is 23.8. The van der Waals surface area contributed by atoms with E-state index in [1.807, 2.05) is 18.7 Å². The van der Waals surface area contributed by atoms with E-state index in [-0.39, 0.29) is 30.2 Å². The van der Waals surface area contributed by atoms with E-state index in [1.54, 1.807) is 0 Å². The quantitative estimate of drug-likeness (QED) is 0.738. The van der Waals surface area contributed by atoms with Crippen LogP contribution in [0.4, 0.5) is 8.78 Å². The molecule has 0 radical (unpaired) electrons. The number of carbonyl (C=O) groups excluding carboxylic acids is 1. The van der Waals surface area contributed by atoms with Gasteiger partial charge in [0, 0.05) is 24.4 Å². The highest BCUT2D eigenvalue weighted by Crippen LogP contribution is 2.56. The van der Waals surface area contributed by atoms with Crippen LogP contribution < -0.4 is 0 Å². The summed E-state index contributed by atoms with van der Waals surface area (Å²) in [5.41, 5.74) is -0.438. The van der Waals surface area contributed by atoms with Gasteiger partial charge in [0.25, 0.3) is 0 Å². The van der Waals surface area contributed by atoms with Crippen molar-refractivity contribution in [2.75, 3.05) is 6.54 Å². The number of rotatable bonds is 6. The zero-order chi connectivity index (χ0) is 19.9. The zero-order valence-corrected chi connectivity index (χ0v) is 16.3. The molecule has 7 heteroatoms.